The second kappa shape index (κ2) is 9.37. The number of rotatable bonds is 6. The van der Waals surface area contributed by atoms with Crippen LogP contribution in [0.3, 0.4) is 0 Å². The standard InChI is InChI=1S/C22H28N4O2/c1-18(27)26(13-12-23-22(28)19-6-4-3-5-7-19)21-10-8-20(9-11-21)25-16-14-24(2)15-17-25/h3-11H,12-17H2,1-2H3,(H,23,28). The van der Waals surface area contributed by atoms with E-state index in [-0.39, 0.29) is 11.8 Å². The molecule has 3 rings (SSSR count). The fourth-order valence-corrected chi connectivity index (χ4v) is 3.35. The van der Waals surface area contributed by atoms with E-state index in [0.29, 0.717) is 18.7 Å². The average Bonchev–Trinajstić information content (AvgIpc) is 2.72. The van der Waals surface area contributed by atoms with E-state index < -0.39 is 0 Å². The zero-order valence-electron chi connectivity index (χ0n) is 16.6. The number of carbonyl (C=O) groups excluding carboxylic acids is 2. The Balaban J connectivity index is 1.57. The molecule has 2 aromatic carbocycles. The number of nitrogens with zero attached hydrogens (tertiary/aromatic N) is 3. The molecule has 1 fully saturated rings. The van der Waals surface area contributed by atoms with Crippen molar-refractivity contribution in [3.63, 3.8) is 0 Å². The van der Waals surface area contributed by atoms with Gasteiger partial charge in [-0.15, -0.1) is 0 Å². The number of anilines is 2. The van der Waals surface area contributed by atoms with Gasteiger partial charge in [0.25, 0.3) is 5.91 Å². The predicted molar refractivity (Wildman–Crippen MR) is 113 cm³/mol. The summed E-state index contributed by atoms with van der Waals surface area (Å²) in [5.41, 5.74) is 2.64. The van der Waals surface area contributed by atoms with Gasteiger partial charge < -0.3 is 20.0 Å². The number of nitrogens with one attached hydrogen (secondary N) is 1. The summed E-state index contributed by atoms with van der Waals surface area (Å²) in [7, 11) is 2.14. The van der Waals surface area contributed by atoms with E-state index in [1.54, 1.807) is 24.0 Å². The van der Waals surface area contributed by atoms with Crippen LogP contribution < -0.4 is 15.1 Å². The number of hydrogen-bond donors (Lipinski definition) is 1. The van der Waals surface area contributed by atoms with Crippen molar-refractivity contribution in [3.8, 4) is 0 Å². The summed E-state index contributed by atoms with van der Waals surface area (Å²) in [6.07, 6.45) is 0. The summed E-state index contributed by atoms with van der Waals surface area (Å²) < 4.78 is 0. The molecule has 1 saturated heterocycles. The van der Waals surface area contributed by atoms with Gasteiger partial charge in [-0.05, 0) is 43.4 Å². The minimum Gasteiger partial charge on any atom is -0.369 e. The molecule has 0 aromatic heterocycles. The Kier molecular flexibility index (Phi) is 6.66. The first kappa shape index (κ1) is 19.9. The fraction of sp³-hybridized carbons (Fsp3) is 0.364. The van der Waals surface area contributed by atoms with Gasteiger partial charge in [-0.1, -0.05) is 18.2 Å². The first-order valence-electron chi connectivity index (χ1n) is 9.69. The first-order chi connectivity index (χ1) is 13.5. The largest absolute Gasteiger partial charge is 0.369 e. The van der Waals surface area contributed by atoms with E-state index >= 15 is 0 Å². The van der Waals surface area contributed by atoms with Crippen molar-refractivity contribution in [2.75, 3.05) is 56.1 Å². The van der Waals surface area contributed by atoms with Crippen molar-refractivity contribution < 1.29 is 9.59 Å². The Morgan fingerprint density at radius 1 is 0.964 bits per heavy atom. The molecule has 0 spiro atoms. The molecule has 1 aliphatic heterocycles. The zero-order valence-corrected chi connectivity index (χ0v) is 16.6. The van der Waals surface area contributed by atoms with Gasteiger partial charge in [-0.25, -0.2) is 0 Å². The highest BCUT2D eigenvalue weighted by atomic mass is 16.2. The number of piperazine rings is 1. The average molecular weight is 380 g/mol. The van der Waals surface area contributed by atoms with E-state index in [2.05, 4.69) is 34.3 Å². The number of carbonyl (C=O) groups is 2. The monoisotopic (exact) mass is 380 g/mol. The topological polar surface area (TPSA) is 55.9 Å². The van der Waals surface area contributed by atoms with Gasteiger partial charge in [0, 0.05) is 63.1 Å². The number of likely N-dealkylation sites (N-methyl/N-ethyl adjacent to an activating group) is 1. The molecule has 0 atom stereocenters. The van der Waals surface area contributed by atoms with E-state index in [0.717, 1.165) is 31.9 Å². The van der Waals surface area contributed by atoms with Crippen LogP contribution in [0.2, 0.25) is 0 Å². The molecular weight excluding hydrogens is 352 g/mol. The minimum absolute atomic E-state index is 0.0405. The Bertz CT molecular complexity index is 784. The van der Waals surface area contributed by atoms with Crippen molar-refractivity contribution in [2.24, 2.45) is 0 Å². The molecule has 6 heteroatoms. The van der Waals surface area contributed by atoms with Crippen molar-refractivity contribution in [2.45, 2.75) is 6.92 Å². The maximum absolute atomic E-state index is 12.2. The molecule has 0 saturated carbocycles. The van der Waals surface area contributed by atoms with E-state index in [9.17, 15) is 9.59 Å². The molecule has 1 aliphatic rings. The molecule has 0 radical (unpaired) electrons. The Morgan fingerprint density at radius 2 is 1.61 bits per heavy atom. The lowest BCUT2D eigenvalue weighted by molar-refractivity contribution is -0.116. The van der Waals surface area contributed by atoms with Gasteiger partial charge in [0.15, 0.2) is 0 Å². The summed E-state index contributed by atoms with van der Waals surface area (Å²) in [6, 6.07) is 17.2. The van der Waals surface area contributed by atoms with Crippen molar-refractivity contribution in [1.82, 2.24) is 10.2 Å². The summed E-state index contributed by atoms with van der Waals surface area (Å²) >= 11 is 0. The lowest BCUT2D eigenvalue weighted by atomic mass is 10.2. The smallest absolute Gasteiger partial charge is 0.251 e. The fourth-order valence-electron chi connectivity index (χ4n) is 3.35. The van der Waals surface area contributed by atoms with Crippen LogP contribution in [0.1, 0.15) is 17.3 Å². The van der Waals surface area contributed by atoms with Gasteiger partial charge in [-0.3, -0.25) is 9.59 Å². The molecule has 0 aliphatic carbocycles. The van der Waals surface area contributed by atoms with E-state index in [4.69, 9.17) is 0 Å². The summed E-state index contributed by atoms with van der Waals surface area (Å²) in [5.74, 6) is -0.171. The second-order valence-corrected chi connectivity index (χ2v) is 7.10. The SMILES string of the molecule is CC(=O)N(CCNC(=O)c1ccccc1)c1ccc(N2CCN(C)CC2)cc1. The maximum atomic E-state index is 12.2. The highest BCUT2D eigenvalue weighted by Crippen LogP contribution is 2.22. The number of benzene rings is 2. The van der Waals surface area contributed by atoms with Gasteiger partial charge >= 0.3 is 0 Å². The lowest BCUT2D eigenvalue weighted by Gasteiger charge is -2.34. The van der Waals surface area contributed by atoms with Crippen LogP contribution in [0.15, 0.2) is 54.6 Å². The molecule has 2 aromatic rings. The summed E-state index contributed by atoms with van der Waals surface area (Å²) in [6.45, 7) is 6.52. The van der Waals surface area contributed by atoms with Crippen molar-refractivity contribution in [1.29, 1.82) is 0 Å². The summed E-state index contributed by atoms with van der Waals surface area (Å²) in [4.78, 5) is 30.6. The molecule has 28 heavy (non-hydrogen) atoms. The van der Waals surface area contributed by atoms with Gasteiger partial charge in [0.1, 0.15) is 0 Å². The molecule has 0 unspecified atom stereocenters. The van der Waals surface area contributed by atoms with Gasteiger partial charge in [-0.2, -0.15) is 0 Å². The minimum atomic E-state index is -0.130. The van der Waals surface area contributed by atoms with Crippen LogP contribution in [-0.2, 0) is 4.79 Å². The summed E-state index contributed by atoms with van der Waals surface area (Å²) in [5, 5.41) is 2.88. The van der Waals surface area contributed by atoms with Crippen molar-refractivity contribution in [3.05, 3.63) is 60.2 Å². The second-order valence-electron chi connectivity index (χ2n) is 7.10. The quantitative estimate of drug-likeness (QED) is 0.835. The van der Waals surface area contributed by atoms with E-state index in [1.807, 2.05) is 30.3 Å². The molecule has 0 bridgehead atoms. The van der Waals surface area contributed by atoms with Crippen LogP contribution in [-0.4, -0.2) is 63.0 Å². The zero-order chi connectivity index (χ0) is 19.9. The maximum Gasteiger partial charge on any atom is 0.251 e. The highest BCUT2D eigenvalue weighted by Gasteiger charge is 2.16. The van der Waals surface area contributed by atoms with E-state index in [1.165, 1.54) is 5.69 Å². The molecule has 1 heterocycles. The molecular formula is C22H28N4O2. The molecule has 6 nitrogen and oxygen atoms in total. The third kappa shape index (κ3) is 5.10. The first-order valence-corrected chi connectivity index (χ1v) is 9.69. The van der Waals surface area contributed by atoms with Gasteiger partial charge in [0.2, 0.25) is 5.91 Å². The third-order valence-corrected chi connectivity index (χ3v) is 5.07. The van der Waals surface area contributed by atoms with Crippen LogP contribution in [0.4, 0.5) is 11.4 Å². The van der Waals surface area contributed by atoms with Crippen LogP contribution in [0, 0.1) is 0 Å². The number of amides is 2. The normalized spacial score (nSPS) is 14.6. The Labute approximate surface area is 166 Å². The van der Waals surface area contributed by atoms with Gasteiger partial charge in [0.05, 0.1) is 0 Å². The lowest BCUT2D eigenvalue weighted by Crippen LogP contribution is -2.44. The van der Waals surface area contributed by atoms with Crippen LogP contribution in [0.5, 0.6) is 0 Å². The Morgan fingerprint density at radius 3 is 2.21 bits per heavy atom. The van der Waals surface area contributed by atoms with Crippen molar-refractivity contribution >= 4 is 23.2 Å². The number of hydrogen-bond acceptors (Lipinski definition) is 4. The third-order valence-electron chi connectivity index (χ3n) is 5.07. The van der Waals surface area contributed by atoms with Crippen LogP contribution in [0.25, 0.3) is 0 Å². The molecule has 148 valence electrons. The Hall–Kier alpha value is -2.86. The molecule has 2 amide bonds. The molecule has 1 N–H and O–H groups in total. The predicted octanol–water partition coefficient (Wildman–Crippen LogP) is 2.22. The van der Waals surface area contributed by atoms with Crippen LogP contribution >= 0.6 is 0 Å². The highest BCUT2D eigenvalue weighted by molar-refractivity contribution is 5.94.